The van der Waals surface area contributed by atoms with Gasteiger partial charge in [-0.3, -0.25) is 0 Å². The van der Waals surface area contributed by atoms with Crippen molar-refractivity contribution in [2.75, 3.05) is 5.75 Å². The summed E-state index contributed by atoms with van der Waals surface area (Å²) in [5.41, 5.74) is 1.47. The molecule has 0 atom stereocenters. The molecule has 0 spiro atoms. The molecule has 0 aromatic heterocycles. The fraction of sp³-hybridized carbons (Fsp3) is 0.417. The zero-order valence-electron chi connectivity index (χ0n) is 8.86. The van der Waals surface area contributed by atoms with Crippen LogP contribution in [0, 0.1) is 11.3 Å². The van der Waals surface area contributed by atoms with E-state index in [1.807, 2.05) is 12.1 Å². The van der Waals surface area contributed by atoms with E-state index < -0.39 is 0 Å². The summed E-state index contributed by atoms with van der Waals surface area (Å²) in [6.07, 6.45) is 2.33. The monoisotopic (exact) mass is 221 g/mol. The van der Waals surface area contributed by atoms with E-state index in [1.165, 1.54) is 6.42 Å². The van der Waals surface area contributed by atoms with Gasteiger partial charge in [-0.1, -0.05) is 19.4 Å². The average Bonchev–Trinajstić information content (AvgIpc) is 2.29. The van der Waals surface area contributed by atoms with E-state index >= 15 is 0 Å². The second-order valence-electron chi connectivity index (χ2n) is 3.30. The molecular formula is C12H15NOS. The highest BCUT2D eigenvalue weighted by molar-refractivity contribution is 7.99. The molecule has 15 heavy (non-hydrogen) atoms. The van der Waals surface area contributed by atoms with Gasteiger partial charge in [-0.05, 0) is 29.9 Å². The maximum atomic E-state index is 8.95. The summed E-state index contributed by atoms with van der Waals surface area (Å²) in [5, 5.41) is 17.9. The van der Waals surface area contributed by atoms with Gasteiger partial charge in [0.1, 0.15) is 6.07 Å². The Kier molecular flexibility index (Phi) is 5.23. The largest absolute Gasteiger partial charge is 0.392 e. The van der Waals surface area contributed by atoms with Crippen LogP contribution < -0.4 is 0 Å². The summed E-state index contributed by atoms with van der Waals surface area (Å²) in [5.74, 6) is 1.05. The number of hydrogen-bond acceptors (Lipinski definition) is 3. The van der Waals surface area contributed by atoms with Gasteiger partial charge in [-0.15, -0.1) is 11.8 Å². The second kappa shape index (κ2) is 6.49. The highest BCUT2D eigenvalue weighted by Crippen LogP contribution is 2.24. The number of aliphatic hydroxyl groups excluding tert-OH is 1. The lowest BCUT2D eigenvalue weighted by atomic mass is 10.1. The van der Waals surface area contributed by atoms with Gasteiger partial charge in [0, 0.05) is 4.90 Å². The molecule has 0 aliphatic rings. The van der Waals surface area contributed by atoms with E-state index in [9.17, 15) is 0 Å². The summed E-state index contributed by atoms with van der Waals surface area (Å²) in [6, 6.07) is 7.71. The van der Waals surface area contributed by atoms with Crippen molar-refractivity contribution in [1.29, 1.82) is 5.26 Å². The first kappa shape index (κ1) is 12.1. The molecule has 0 bridgehead atoms. The van der Waals surface area contributed by atoms with Crippen LogP contribution in [0.4, 0.5) is 0 Å². The first-order chi connectivity index (χ1) is 7.31. The number of aliphatic hydroxyl groups is 1. The van der Waals surface area contributed by atoms with Gasteiger partial charge in [0.25, 0.3) is 0 Å². The number of rotatable bonds is 5. The Morgan fingerprint density at radius 3 is 2.87 bits per heavy atom. The van der Waals surface area contributed by atoms with E-state index in [1.54, 1.807) is 17.8 Å². The van der Waals surface area contributed by atoms with Crippen LogP contribution in [0.2, 0.25) is 0 Å². The number of hydrogen-bond donors (Lipinski definition) is 1. The molecule has 0 amide bonds. The number of nitriles is 1. The third-order valence-corrected chi connectivity index (χ3v) is 3.26. The highest BCUT2D eigenvalue weighted by Gasteiger charge is 2.03. The van der Waals surface area contributed by atoms with Crippen LogP contribution in [-0.2, 0) is 6.61 Å². The predicted molar refractivity (Wildman–Crippen MR) is 62.7 cm³/mol. The molecule has 0 heterocycles. The minimum atomic E-state index is -0.00537. The first-order valence-electron chi connectivity index (χ1n) is 5.08. The van der Waals surface area contributed by atoms with Crippen molar-refractivity contribution in [3.05, 3.63) is 29.3 Å². The Hall–Kier alpha value is -0.980. The number of nitrogens with zero attached hydrogens (tertiary/aromatic N) is 1. The van der Waals surface area contributed by atoms with Crippen molar-refractivity contribution in [3.63, 3.8) is 0 Å². The van der Waals surface area contributed by atoms with Gasteiger partial charge >= 0.3 is 0 Å². The normalized spacial score (nSPS) is 9.93. The molecule has 0 aliphatic carbocycles. The predicted octanol–water partition coefficient (Wildman–Crippen LogP) is 2.94. The van der Waals surface area contributed by atoms with E-state index in [0.717, 1.165) is 22.6 Å². The summed E-state index contributed by atoms with van der Waals surface area (Å²) in [4.78, 5) is 1.02. The fourth-order valence-electron chi connectivity index (χ4n) is 1.22. The highest BCUT2D eigenvalue weighted by atomic mass is 32.2. The Balaban J connectivity index is 2.75. The Morgan fingerprint density at radius 1 is 1.47 bits per heavy atom. The SMILES string of the molecule is CCCCSc1ccc(CO)cc1C#N. The van der Waals surface area contributed by atoms with Crippen LogP contribution in [0.3, 0.4) is 0 Å². The Morgan fingerprint density at radius 2 is 2.27 bits per heavy atom. The smallest absolute Gasteiger partial charge is 0.100 e. The van der Waals surface area contributed by atoms with Gasteiger partial charge in [0.2, 0.25) is 0 Å². The van der Waals surface area contributed by atoms with E-state index in [0.29, 0.717) is 5.56 Å². The fourth-order valence-corrected chi connectivity index (χ4v) is 2.29. The molecule has 2 nitrogen and oxygen atoms in total. The maximum absolute atomic E-state index is 8.95. The summed E-state index contributed by atoms with van der Waals surface area (Å²) in [6.45, 7) is 2.15. The van der Waals surface area contributed by atoms with Crippen LogP contribution in [-0.4, -0.2) is 10.9 Å². The van der Waals surface area contributed by atoms with E-state index in [-0.39, 0.29) is 6.61 Å². The van der Waals surface area contributed by atoms with Gasteiger partial charge < -0.3 is 5.11 Å². The van der Waals surface area contributed by atoms with Gasteiger partial charge in [-0.25, -0.2) is 0 Å². The van der Waals surface area contributed by atoms with Crippen molar-refractivity contribution in [2.24, 2.45) is 0 Å². The standard InChI is InChI=1S/C12H15NOS/c1-2-3-6-15-12-5-4-10(9-14)7-11(12)8-13/h4-5,7,14H,2-3,6,9H2,1H3. The summed E-state index contributed by atoms with van der Waals surface area (Å²) in [7, 11) is 0. The minimum Gasteiger partial charge on any atom is -0.392 e. The molecule has 0 unspecified atom stereocenters. The number of benzene rings is 1. The Labute approximate surface area is 94.9 Å². The minimum absolute atomic E-state index is 0.00537. The van der Waals surface area contributed by atoms with Crippen molar-refractivity contribution in [1.82, 2.24) is 0 Å². The molecule has 1 rings (SSSR count). The molecule has 1 N–H and O–H groups in total. The van der Waals surface area contributed by atoms with Crippen LogP contribution >= 0.6 is 11.8 Å². The molecule has 80 valence electrons. The van der Waals surface area contributed by atoms with E-state index in [4.69, 9.17) is 10.4 Å². The zero-order chi connectivity index (χ0) is 11.1. The molecule has 1 aromatic rings. The summed E-state index contributed by atoms with van der Waals surface area (Å²) < 4.78 is 0. The molecule has 0 radical (unpaired) electrons. The van der Waals surface area contributed by atoms with Crippen molar-refractivity contribution < 1.29 is 5.11 Å². The lowest BCUT2D eigenvalue weighted by Gasteiger charge is -2.04. The van der Waals surface area contributed by atoms with Gasteiger partial charge in [0.15, 0.2) is 0 Å². The van der Waals surface area contributed by atoms with Crippen molar-refractivity contribution in [2.45, 2.75) is 31.3 Å². The average molecular weight is 221 g/mol. The topological polar surface area (TPSA) is 44.0 Å². The van der Waals surface area contributed by atoms with Gasteiger partial charge in [0.05, 0.1) is 12.2 Å². The van der Waals surface area contributed by atoms with Crippen LogP contribution in [0.25, 0.3) is 0 Å². The number of unbranched alkanes of at least 4 members (excludes halogenated alkanes) is 1. The second-order valence-corrected chi connectivity index (χ2v) is 4.44. The molecule has 0 aliphatic heterocycles. The van der Waals surface area contributed by atoms with Crippen LogP contribution in [0.15, 0.2) is 23.1 Å². The van der Waals surface area contributed by atoms with Gasteiger partial charge in [-0.2, -0.15) is 5.26 Å². The van der Waals surface area contributed by atoms with Crippen LogP contribution in [0.1, 0.15) is 30.9 Å². The summed E-state index contributed by atoms with van der Waals surface area (Å²) >= 11 is 1.71. The van der Waals surface area contributed by atoms with Crippen molar-refractivity contribution in [3.8, 4) is 6.07 Å². The molecular weight excluding hydrogens is 206 g/mol. The lowest BCUT2D eigenvalue weighted by molar-refractivity contribution is 0.281. The first-order valence-corrected chi connectivity index (χ1v) is 6.07. The molecule has 0 saturated heterocycles. The molecule has 1 aromatic carbocycles. The van der Waals surface area contributed by atoms with Crippen molar-refractivity contribution >= 4 is 11.8 Å². The third-order valence-electron chi connectivity index (χ3n) is 2.10. The molecule has 0 saturated carbocycles. The molecule has 3 heteroatoms. The maximum Gasteiger partial charge on any atom is 0.100 e. The Bertz CT molecular complexity index is 357. The molecule has 0 fully saturated rings. The number of thioether (sulfide) groups is 1. The van der Waals surface area contributed by atoms with E-state index in [2.05, 4.69) is 13.0 Å². The zero-order valence-corrected chi connectivity index (χ0v) is 9.68. The lowest BCUT2D eigenvalue weighted by Crippen LogP contribution is -1.88. The third kappa shape index (κ3) is 3.58. The van der Waals surface area contributed by atoms with Crippen LogP contribution in [0.5, 0.6) is 0 Å². The quantitative estimate of drug-likeness (QED) is 0.614.